The fourth-order valence-electron chi connectivity index (χ4n) is 9.26. The fourth-order valence-corrected chi connectivity index (χ4v) is 10.0. The Morgan fingerprint density at radius 3 is 0.868 bits per heavy atom. The van der Waals surface area contributed by atoms with Gasteiger partial charge in [0.15, 0.2) is 6.10 Å². The molecule has 10 heteroatoms. The molecular formula is C81H130NO8P. The molecule has 2 atom stereocenters. The Hall–Kier alpha value is -5.15. The second-order valence-corrected chi connectivity index (χ2v) is 24.4. The van der Waals surface area contributed by atoms with E-state index in [1.54, 1.807) is 0 Å². The van der Waals surface area contributed by atoms with E-state index in [4.69, 9.17) is 24.3 Å². The second kappa shape index (κ2) is 73.9. The van der Waals surface area contributed by atoms with Gasteiger partial charge in [0, 0.05) is 19.4 Å². The van der Waals surface area contributed by atoms with Crippen LogP contribution in [0.5, 0.6) is 0 Å². The second-order valence-electron chi connectivity index (χ2n) is 23.0. The van der Waals surface area contributed by atoms with E-state index in [1.807, 2.05) is 0 Å². The summed E-state index contributed by atoms with van der Waals surface area (Å²) in [7, 11) is -4.42. The van der Waals surface area contributed by atoms with Crippen LogP contribution in [0.4, 0.5) is 0 Å². The highest BCUT2D eigenvalue weighted by Gasteiger charge is 2.26. The molecule has 0 amide bonds. The maximum atomic E-state index is 12.8. The average Bonchev–Trinajstić information content (AvgIpc) is 3.71. The van der Waals surface area contributed by atoms with Gasteiger partial charge in [-0.25, -0.2) is 4.57 Å². The molecule has 0 spiro atoms. The van der Waals surface area contributed by atoms with E-state index < -0.39 is 32.5 Å². The summed E-state index contributed by atoms with van der Waals surface area (Å²) in [4.78, 5) is 35.4. The molecule has 0 aromatic carbocycles. The number of phosphoric ester groups is 1. The summed E-state index contributed by atoms with van der Waals surface area (Å²) in [5, 5.41) is 0. The molecule has 0 radical (unpaired) electrons. The van der Waals surface area contributed by atoms with Crippen molar-refractivity contribution in [2.24, 2.45) is 5.73 Å². The summed E-state index contributed by atoms with van der Waals surface area (Å²) in [5.41, 5.74) is 5.40. The molecule has 0 saturated carbocycles. The van der Waals surface area contributed by atoms with Crippen LogP contribution in [0.1, 0.15) is 271 Å². The Bertz CT molecular complexity index is 2200. The van der Waals surface area contributed by atoms with E-state index in [0.717, 1.165) is 135 Å². The lowest BCUT2D eigenvalue weighted by molar-refractivity contribution is -0.161. The van der Waals surface area contributed by atoms with E-state index in [-0.39, 0.29) is 32.6 Å². The molecular weight excluding hydrogens is 1150 g/mol. The van der Waals surface area contributed by atoms with Crippen LogP contribution in [0.2, 0.25) is 0 Å². The highest BCUT2D eigenvalue weighted by atomic mass is 31.2. The zero-order chi connectivity index (χ0) is 65.8. The van der Waals surface area contributed by atoms with Gasteiger partial charge in [-0.05, 0) is 141 Å². The first-order valence-electron chi connectivity index (χ1n) is 35.9. The number of carbonyl (C=O) groups excluding carboxylic acids is 2. The van der Waals surface area contributed by atoms with Crippen molar-refractivity contribution in [1.29, 1.82) is 0 Å². The van der Waals surface area contributed by atoms with Crippen LogP contribution in [-0.4, -0.2) is 49.3 Å². The Balaban J connectivity index is 4.03. The van der Waals surface area contributed by atoms with Crippen molar-refractivity contribution < 1.29 is 37.6 Å². The molecule has 91 heavy (non-hydrogen) atoms. The first-order valence-corrected chi connectivity index (χ1v) is 37.4. The highest BCUT2D eigenvalue weighted by molar-refractivity contribution is 7.47. The van der Waals surface area contributed by atoms with Gasteiger partial charge in [-0.15, -0.1) is 0 Å². The van der Waals surface area contributed by atoms with Gasteiger partial charge in [-0.3, -0.25) is 18.6 Å². The zero-order valence-electron chi connectivity index (χ0n) is 57.5. The quantitative estimate of drug-likeness (QED) is 0.0264. The SMILES string of the molecule is CC/C=C\C/C=C\C/C=C\C/C=C\C/C=C\C/C=C\C/C=C\C/C=C\C/C=C\C/C=C\C/C=C\C/C=C\CCCCC(=O)OC(COC(=O)CCCCCCCCCCCCCCCCCCCC/C=C\C/C=C\C/C=C\C/C=C\CC)COP(=O)(O)OCCN. The van der Waals surface area contributed by atoms with E-state index in [9.17, 15) is 19.0 Å². The maximum absolute atomic E-state index is 12.8. The van der Waals surface area contributed by atoms with Crippen molar-refractivity contribution in [3.8, 4) is 0 Å². The molecule has 512 valence electrons. The molecule has 0 aliphatic rings. The molecule has 0 aliphatic heterocycles. The van der Waals surface area contributed by atoms with Crippen molar-refractivity contribution in [3.05, 3.63) is 194 Å². The Kier molecular flexibility index (Phi) is 69.7. The van der Waals surface area contributed by atoms with Crippen LogP contribution in [-0.2, 0) is 32.7 Å². The number of esters is 2. The Labute approximate surface area is 557 Å². The van der Waals surface area contributed by atoms with Gasteiger partial charge < -0.3 is 20.1 Å². The minimum atomic E-state index is -4.42. The van der Waals surface area contributed by atoms with Gasteiger partial charge in [0.05, 0.1) is 13.2 Å². The van der Waals surface area contributed by atoms with Crippen molar-refractivity contribution in [1.82, 2.24) is 0 Å². The normalized spacial score (nSPS) is 14.1. The van der Waals surface area contributed by atoms with E-state index in [1.165, 1.54) is 103 Å². The molecule has 0 heterocycles. The lowest BCUT2D eigenvalue weighted by Gasteiger charge is -2.19. The minimum Gasteiger partial charge on any atom is -0.462 e. The Morgan fingerprint density at radius 1 is 0.330 bits per heavy atom. The summed E-state index contributed by atoms with van der Waals surface area (Å²) in [6, 6.07) is 0. The summed E-state index contributed by atoms with van der Waals surface area (Å²) < 4.78 is 33.1. The number of hydrogen-bond donors (Lipinski definition) is 2. The molecule has 0 aromatic rings. The molecule has 2 unspecified atom stereocenters. The van der Waals surface area contributed by atoms with Crippen molar-refractivity contribution in [3.63, 3.8) is 0 Å². The number of unbranched alkanes of at least 4 members (excludes halogenated alkanes) is 20. The van der Waals surface area contributed by atoms with Crippen LogP contribution < -0.4 is 5.73 Å². The van der Waals surface area contributed by atoms with Crippen LogP contribution in [0.25, 0.3) is 0 Å². The third-order valence-electron chi connectivity index (χ3n) is 14.5. The number of rotatable bonds is 65. The van der Waals surface area contributed by atoms with E-state index in [2.05, 4.69) is 208 Å². The van der Waals surface area contributed by atoms with Crippen molar-refractivity contribution in [2.45, 2.75) is 277 Å². The summed E-state index contributed by atoms with van der Waals surface area (Å²) in [5.74, 6) is -0.886. The zero-order valence-corrected chi connectivity index (χ0v) is 58.4. The third-order valence-corrected chi connectivity index (χ3v) is 15.5. The molecule has 0 aromatic heterocycles. The standard InChI is InChI=1S/C81H130NO8P/c1-3-5-7-9-11-13-15-17-19-21-23-25-27-29-31-33-35-36-37-38-39-40-41-42-44-46-48-50-52-54-56-58-60-62-64-66-68-70-72-74-81(84)90-79(78-89-91(85,86)88-76-75-82)77-87-80(83)73-71-69-67-65-63-61-59-57-55-53-51-49-47-45-43-34-32-30-28-26-24-22-20-18-16-14-12-10-8-6-4-2/h5-8,11-14,17-20,23-26,29,31,35-36,38-39,41-42,46,48,52,54,58,60,64,66,79H,3-4,9-10,15-16,21-22,27-28,30,32-34,37,40,43-45,47,49-51,53,55-57,59,61-63,65,67-78,82H2,1-2H3,(H,85,86)/b7-5-,8-6-,13-11-,14-12-,19-17-,20-18-,25-23-,26-24-,31-29-,36-35-,39-38-,42-41-,48-46-,54-52-,60-58-,66-64-. The Morgan fingerprint density at radius 2 is 0.571 bits per heavy atom. The van der Waals surface area contributed by atoms with Gasteiger partial charge in [-0.1, -0.05) is 311 Å². The molecule has 0 saturated heterocycles. The van der Waals surface area contributed by atoms with E-state index in [0.29, 0.717) is 6.42 Å². The summed E-state index contributed by atoms with van der Waals surface area (Å²) in [6.07, 6.45) is 112. The van der Waals surface area contributed by atoms with Crippen molar-refractivity contribution in [2.75, 3.05) is 26.4 Å². The average molecular weight is 1280 g/mol. The molecule has 0 bridgehead atoms. The van der Waals surface area contributed by atoms with Gasteiger partial charge >= 0.3 is 19.8 Å². The number of hydrogen-bond acceptors (Lipinski definition) is 8. The molecule has 3 N–H and O–H groups in total. The van der Waals surface area contributed by atoms with Gasteiger partial charge in [0.1, 0.15) is 6.61 Å². The monoisotopic (exact) mass is 1280 g/mol. The molecule has 0 rings (SSSR count). The van der Waals surface area contributed by atoms with Crippen LogP contribution >= 0.6 is 7.82 Å². The summed E-state index contributed by atoms with van der Waals surface area (Å²) in [6.45, 7) is 3.46. The topological polar surface area (TPSA) is 134 Å². The lowest BCUT2D eigenvalue weighted by Crippen LogP contribution is -2.29. The molecule has 0 fully saturated rings. The van der Waals surface area contributed by atoms with Crippen molar-refractivity contribution >= 4 is 19.8 Å². The molecule has 0 aliphatic carbocycles. The number of allylic oxidation sites excluding steroid dienone is 32. The van der Waals surface area contributed by atoms with Crippen LogP contribution in [0, 0.1) is 0 Å². The smallest absolute Gasteiger partial charge is 0.462 e. The maximum Gasteiger partial charge on any atom is 0.472 e. The first kappa shape index (κ1) is 85.8. The third kappa shape index (κ3) is 73.8. The number of nitrogens with two attached hydrogens (primary N) is 1. The highest BCUT2D eigenvalue weighted by Crippen LogP contribution is 2.43. The number of carbonyl (C=O) groups is 2. The predicted octanol–water partition coefficient (Wildman–Crippen LogP) is 24.1. The molecule has 9 nitrogen and oxygen atoms in total. The lowest BCUT2D eigenvalue weighted by atomic mass is 10.0. The van der Waals surface area contributed by atoms with Gasteiger partial charge in [-0.2, -0.15) is 0 Å². The van der Waals surface area contributed by atoms with Gasteiger partial charge in [0.25, 0.3) is 0 Å². The fraction of sp³-hybridized carbons (Fsp3) is 0.580. The number of phosphoric acid groups is 1. The predicted molar refractivity (Wildman–Crippen MR) is 394 cm³/mol. The largest absolute Gasteiger partial charge is 0.472 e. The van der Waals surface area contributed by atoms with Gasteiger partial charge in [0.2, 0.25) is 0 Å². The number of ether oxygens (including phenoxy) is 2. The van der Waals surface area contributed by atoms with E-state index >= 15 is 0 Å². The van der Waals surface area contributed by atoms with Crippen LogP contribution in [0.3, 0.4) is 0 Å². The summed E-state index contributed by atoms with van der Waals surface area (Å²) >= 11 is 0. The minimum absolute atomic E-state index is 0.0371. The van der Waals surface area contributed by atoms with Crippen LogP contribution in [0.15, 0.2) is 194 Å². The first-order chi connectivity index (χ1) is 44.8.